The van der Waals surface area contributed by atoms with Crippen LogP contribution in [0.1, 0.15) is 127 Å². The molecule has 4 aromatic heterocycles. The van der Waals surface area contributed by atoms with Crippen LogP contribution in [-0.4, -0.2) is 106 Å². The molecule has 14 nitrogen and oxygen atoms in total. The molecule has 2 aliphatic rings. The van der Waals surface area contributed by atoms with Gasteiger partial charge in [0.05, 0.1) is 50.3 Å². The minimum Gasteiger partial charge on any atom is -0.423 e. The van der Waals surface area contributed by atoms with Gasteiger partial charge in [0.25, 0.3) is 0 Å². The SMILES string of the molecule is CC(C)(O)C(C)(C)O.CC(C)(O)C(C)(C)O.Cc1noc(C)c1-c1cc(B(O)O)c2nc(C3CC3)[nH]c2c1.Cc1noc(C)c1-c1cc(I)c2nc(C3CC3)[nH]c2c1.[B][B]. The first-order valence-corrected chi connectivity index (χ1v) is 20.9. The van der Waals surface area contributed by atoms with Crippen molar-refractivity contribution in [3.63, 3.8) is 0 Å². The van der Waals surface area contributed by atoms with Crippen LogP contribution < -0.4 is 5.46 Å². The van der Waals surface area contributed by atoms with Gasteiger partial charge >= 0.3 is 7.12 Å². The van der Waals surface area contributed by atoms with E-state index < -0.39 is 29.5 Å². The second-order valence-electron chi connectivity index (χ2n) is 17.6. The van der Waals surface area contributed by atoms with Gasteiger partial charge in [-0.2, -0.15) is 0 Å². The second kappa shape index (κ2) is 18.8. The molecule has 8 rings (SSSR count). The van der Waals surface area contributed by atoms with E-state index in [4.69, 9.17) is 34.5 Å². The Morgan fingerprint density at radius 1 is 0.617 bits per heavy atom. The Morgan fingerprint density at radius 3 is 1.28 bits per heavy atom. The van der Waals surface area contributed by atoms with Crippen molar-refractivity contribution in [1.29, 1.82) is 0 Å². The maximum atomic E-state index is 9.71. The number of fused-ring (bicyclic) bond motifs is 2. The zero-order valence-corrected chi connectivity index (χ0v) is 38.8. The Kier molecular flexibility index (Phi) is 15.4. The second-order valence-corrected chi connectivity index (χ2v) is 18.8. The lowest BCUT2D eigenvalue weighted by molar-refractivity contribution is -0.107. The number of rotatable bonds is 7. The molecular weight excluding hydrogens is 876 g/mol. The summed E-state index contributed by atoms with van der Waals surface area (Å²) in [7, 11) is 6.43. The van der Waals surface area contributed by atoms with Crippen LogP contribution in [0, 0.1) is 31.3 Å². The van der Waals surface area contributed by atoms with Crippen molar-refractivity contribution in [2.45, 2.75) is 143 Å². The van der Waals surface area contributed by atoms with Gasteiger partial charge < -0.3 is 49.5 Å². The van der Waals surface area contributed by atoms with Crippen molar-refractivity contribution >= 4 is 72.7 Å². The largest absolute Gasteiger partial charge is 0.490 e. The van der Waals surface area contributed by atoms with Crippen molar-refractivity contribution < 1.29 is 39.5 Å². The molecule has 0 unspecified atom stereocenters. The fourth-order valence-electron chi connectivity index (χ4n) is 5.63. The number of nitrogens with zero attached hydrogens (tertiary/aromatic N) is 4. The minimum absolute atomic E-state index is 0.399. The highest BCUT2D eigenvalue weighted by Crippen LogP contribution is 2.41. The van der Waals surface area contributed by atoms with Crippen LogP contribution >= 0.6 is 22.6 Å². The van der Waals surface area contributed by atoms with Gasteiger partial charge in [-0.15, -0.1) is 0 Å². The van der Waals surface area contributed by atoms with E-state index in [1.165, 1.54) is 16.4 Å². The number of H-pyrrole nitrogens is 2. The summed E-state index contributed by atoms with van der Waals surface area (Å²) in [5.41, 5.74) is 5.64. The maximum absolute atomic E-state index is 9.71. The average Bonchev–Trinajstić information content (AvgIpc) is 4.02. The minimum atomic E-state index is -1.57. The van der Waals surface area contributed by atoms with E-state index in [1.807, 2.05) is 33.8 Å². The van der Waals surface area contributed by atoms with Crippen LogP contribution in [0.3, 0.4) is 0 Å². The zero-order chi connectivity index (χ0) is 45.3. The van der Waals surface area contributed by atoms with Crippen LogP contribution in [0.2, 0.25) is 0 Å². The van der Waals surface area contributed by atoms with E-state index in [0.29, 0.717) is 28.6 Å². The molecule has 0 spiro atoms. The zero-order valence-electron chi connectivity index (χ0n) is 36.7. The summed E-state index contributed by atoms with van der Waals surface area (Å²) in [5, 5.41) is 63.8. The molecule has 0 saturated heterocycles. The van der Waals surface area contributed by atoms with Gasteiger partial charge in [-0.1, -0.05) is 16.4 Å². The molecule has 60 heavy (non-hydrogen) atoms. The number of aromatic nitrogens is 6. The standard InChI is InChI=1S/C15H16BN3O3.C15H14IN3O.2C6H14O2.B2/c1-7-13(8(2)22-19-7)10-5-11(16(20)21)14-12(6-10)17-15(18-14)9-3-4-9;1-7-13(8(2)20-19-7)10-5-11(16)14-12(6-10)17-15(18-14)9-3-4-9;2*1-5(2,7)6(3,4)8;1-2/h5-6,9,20-21H,3-4H2,1-2H3,(H,17,18);5-6,9H,3-4H2,1-2H3,(H,17,18);2*7-8H,1-4H3;. The molecule has 18 heteroatoms. The molecule has 4 heterocycles. The Labute approximate surface area is 368 Å². The van der Waals surface area contributed by atoms with Gasteiger partial charge in [-0.25, -0.2) is 9.97 Å². The first kappa shape index (κ1) is 49.1. The quantitative estimate of drug-likeness (QED) is 0.0681. The van der Waals surface area contributed by atoms with E-state index in [9.17, 15) is 10.0 Å². The summed E-state index contributed by atoms with van der Waals surface area (Å²) in [4.78, 5) is 16.1. The van der Waals surface area contributed by atoms with Gasteiger partial charge in [0, 0.05) is 47.5 Å². The number of halogens is 1. The summed E-state index contributed by atoms with van der Waals surface area (Å²) in [6.07, 6.45) is 4.78. The van der Waals surface area contributed by atoms with Crippen LogP contribution in [0.4, 0.5) is 0 Å². The van der Waals surface area contributed by atoms with Crippen LogP contribution in [0.15, 0.2) is 33.3 Å². The number of hydrogen-bond acceptors (Lipinski definition) is 12. The number of benzene rings is 2. The summed E-state index contributed by atoms with van der Waals surface area (Å²) in [6.45, 7) is 20.3. The molecule has 0 aliphatic heterocycles. The third-order valence-electron chi connectivity index (χ3n) is 11.0. The molecule has 6 aromatic rings. The molecule has 4 radical (unpaired) electrons. The lowest BCUT2D eigenvalue weighted by Crippen LogP contribution is -2.44. The highest BCUT2D eigenvalue weighted by molar-refractivity contribution is 14.1. The van der Waals surface area contributed by atoms with Gasteiger partial charge in [0.2, 0.25) is 0 Å². The number of nitrogens with one attached hydrogen (secondary N) is 2. The van der Waals surface area contributed by atoms with E-state index >= 15 is 0 Å². The van der Waals surface area contributed by atoms with E-state index in [-0.39, 0.29) is 0 Å². The third kappa shape index (κ3) is 11.9. The average molecular weight is 934 g/mol. The topological polar surface area (TPSA) is 231 Å². The molecule has 2 aliphatic carbocycles. The van der Waals surface area contributed by atoms with Crippen LogP contribution in [0.5, 0.6) is 0 Å². The predicted molar refractivity (Wildman–Crippen MR) is 245 cm³/mol. The molecule has 2 aromatic carbocycles. The lowest BCUT2D eigenvalue weighted by atomic mass is 9.78. The molecule has 0 amide bonds. The lowest BCUT2D eigenvalue weighted by Gasteiger charge is -2.31. The number of aryl methyl sites for hydroxylation is 4. The van der Waals surface area contributed by atoms with Crippen molar-refractivity contribution in [2.24, 2.45) is 0 Å². The summed E-state index contributed by atoms with van der Waals surface area (Å²) >= 11 is 2.36. The molecule has 0 atom stereocenters. The molecule has 8 N–H and O–H groups in total. The van der Waals surface area contributed by atoms with Crippen molar-refractivity contribution in [2.75, 3.05) is 0 Å². The number of hydrogen-bond donors (Lipinski definition) is 8. The normalized spacial score (nSPS) is 14.3. The first-order valence-electron chi connectivity index (χ1n) is 19.9. The molecule has 2 fully saturated rings. The number of aromatic amines is 2. The molecular formula is C42H58B3IN6O8. The van der Waals surface area contributed by atoms with E-state index in [1.54, 1.807) is 61.5 Å². The fourth-order valence-corrected chi connectivity index (χ4v) is 6.38. The van der Waals surface area contributed by atoms with Gasteiger partial charge in [0.15, 0.2) is 0 Å². The van der Waals surface area contributed by atoms with Gasteiger partial charge in [-0.3, -0.25) is 0 Å². The summed E-state index contributed by atoms with van der Waals surface area (Å²) in [5.74, 6) is 4.73. The monoisotopic (exact) mass is 934 g/mol. The smallest absolute Gasteiger partial charge is 0.423 e. The summed E-state index contributed by atoms with van der Waals surface area (Å²) in [6, 6.07) is 8.03. The number of imidazole rings is 2. The highest BCUT2D eigenvalue weighted by Gasteiger charge is 2.33. The van der Waals surface area contributed by atoms with Crippen molar-refractivity contribution in [3.05, 3.63) is 62.4 Å². The van der Waals surface area contributed by atoms with E-state index in [2.05, 4.69) is 75.5 Å². The molecule has 0 bridgehead atoms. The first-order chi connectivity index (χ1) is 27.7. The van der Waals surface area contributed by atoms with Crippen LogP contribution in [-0.2, 0) is 0 Å². The third-order valence-corrected chi connectivity index (χ3v) is 11.9. The molecule has 320 valence electrons. The van der Waals surface area contributed by atoms with E-state index in [0.717, 1.165) is 80.4 Å². The Bertz CT molecular complexity index is 2280. The summed E-state index contributed by atoms with van der Waals surface area (Å²) < 4.78 is 11.7. The van der Waals surface area contributed by atoms with Gasteiger partial charge in [-0.05, 0) is 161 Å². The Balaban J connectivity index is 0.000000191. The molecule has 2 saturated carbocycles. The number of aliphatic hydroxyl groups is 4. The fraction of sp³-hybridized carbons (Fsp3) is 0.524. The predicted octanol–water partition coefficient (Wildman–Crippen LogP) is 6.00. The Hall–Kier alpha value is -3.52. The highest BCUT2D eigenvalue weighted by atomic mass is 127. The van der Waals surface area contributed by atoms with Crippen molar-refractivity contribution in [1.82, 2.24) is 30.2 Å². The Morgan fingerprint density at radius 2 is 0.967 bits per heavy atom. The van der Waals surface area contributed by atoms with Crippen molar-refractivity contribution in [3.8, 4) is 22.3 Å². The maximum Gasteiger partial charge on any atom is 0.490 e. The van der Waals surface area contributed by atoms with Crippen LogP contribution in [0.25, 0.3) is 44.3 Å². The van der Waals surface area contributed by atoms with Gasteiger partial charge in [0.1, 0.15) is 28.7 Å².